The van der Waals surface area contributed by atoms with E-state index in [-0.39, 0.29) is 5.91 Å². The number of nitrogens with two attached hydrogens (primary N) is 1. The van der Waals surface area contributed by atoms with E-state index in [4.69, 9.17) is 10.5 Å². The van der Waals surface area contributed by atoms with Crippen LogP contribution in [0, 0.1) is 5.92 Å². The number of nitrogens with zero attached hydrogens (tertiary/aromatic N) is 1. The number of rotatable bonds is 8. The number of anilines is 1. The molecule has 1 unspecified atom stereocenters. The first-order valence-electron chi connectivity index (χ1n) is 7.23. The van der Waals surface area contributed by atoms with Crippen LogP contribution in [-0.4, -0.2) is 26.6 Å². The van der Waals surface area contributed by atoms with Crippen LogP contribution in [0.1, 0.15) is 32.6 Å². The number of carbonyl (C=O) groups is 1. The third-order valence-electron chi connectivity index (χ3n) is 3.73. The summed E-state index contributed by atoms with van der Waals surface area (Å²) in [5, 5.41) is 0. The molecule has 0 aliphatic carbocycles. The molecule has 0 heterocycles. The highest BCUT2D eigenvalue weighted by atomic mass is 16.5. The minimum atomic E-state index is 0.133. The van der Waals surface area contributed by atoms with Crippen LogP contribution in [0.3, 0.4) is 0 Å². The van der Waals surface area contributed by atoms with Gasteiger partial charge in [0.2, 0.25) is 5.91 Å². The molecule has 0 aliphatic heterocycles. The maximum Gasteiger partial charge on any atom is 0.226 e. The van der Waals surface area contributed by atoms with E-state index in [1.807, 2.05) is 24.3 Å². The topological polar surface area (TPSA) is 55.6 Å². The van der Waals surface area contributed by atoms with E-state index in [9.17, 15) is 4.79 Å². The molecule has 0 saturated heterocycles. The zero-order chi connectivity index (χ0) is 15.0. The summed E-state index contributed by atoms with van der Waals surface area (Å²) < 4.78 is 5.18. The summed E-state index contributed by atoms with van der Waals surface area (Å²) >= 11 is 0. The van der Waals surface area contributed by atoms with Gasteiger partial charge in [0.05, 0.1) is 7.11 Å². The summed E-state index contributed by atoms with van der Waals surface area (Å²) in [5.41, 5.74) is 6.45. The highest BCUT2D eigenvalue weighted by molar-refractivity contribution is 5.92. The Bertz CT molecular complexity index is 421. The van der Waals surface area contributed by atoms with Crippen LogP contribution in [0.4, 0.5) is 5.69 Å². The fourth-order valence-corrected chi connectivity index (χ4v) is 2.25. The summed E-state index contributed by atoms with van der Waals surface area (Å²) in [6.45, 7) is 2.84. The average molecular weight is 278 g/mol. The molecule has 0 spiro atoms. The molecular weight excluding hydrogens is 252 g/mol. The predicted octanol–water partition coefficient (Wildman–Crippen LogP) is 2.81. The van der Waals surface area contributed by atoms with Crippen molar-refractivity contribution in [2.24, 2.45) is 11.7 Å². The second kappa shape index (κ2) is 8.59. The van der Waals surface area contributed by atoms with E-state index in [1.165, 1.54) is 0 Å². The number of methoxy groups -OCH3 is 1. The Morgan fingerprint density at radius 1 is 1.40 bits per heavy atom. The molecular formula is C16H26N2O2. The molecule has 1 aromatic rings. The van der Waals surface area contributed by atoms with Crippen molar-refractivity contribution >= 4 is 11.6 Å². The quantitative estimate of drug-likeness (QED) is 0.795. The normalized spacial score (nSPS) is 12.0. The second-order valence-corrected chi connectivity index (χ2v) is 5.04. The van der Waals surface area contributed by atoms with Crippen LogP contribution in [0.15, 0.2) is 24.3 Å². The van der Waals surface area contributed by atoms with E-state index in [2.05, 4.69) is 6.92 Å². The van der Waals surface area contributed by atoms with Crippen molar-refractivity contribution in [2.45, 2.75) is 32.6 Å². The number of carbonyl (C=O) groups excluding carboxylic acids is 1. The van der Waals surface area contributed by atoms with Gasteiger partial charge in [0.1, 0.15) is 5.75 Å². The van der Waals surface area contributed by atoms with Gasteiger partial charge in [0.15, 0.2) is 0 Å². The van der Waals surface area contributed by atoms with Crippen molar-refractivity contribution in [3.8, 4) is 5.75 Å². The molecule has 112 valence electrons. The standard InChI is InChI=1S/C16H26N2O2/c1-4-13(10-11-17)8-9-16(19)18(2)14-6-5-7-15(12-14)20-3/h5-7,12-13H,4,8-11,17H2,1-3H3. The van der Waals surface area contributed by atoms with E-state index >= 15 is 0 Å². The lowest BCUT2D eigenvalue weighted by Gasteiger charge is -2.20. The molecule has 1 rings (SSSR count). The molecule has 2 N–H and O–H groups in total. The first-order valence-corrected chi connectivity index (χ1v) is 7.23. The van der Waals surface area contributed by atoms with Crippen molar-refractivity contribution in [3.05, 3.63) is 24.3 Å². The highest BCUT2D eigenvalue weighted by Crippen LogP contribution is 2.22. The SMILES string of the molecule is CCC(CCN)CCC(=O)N(C)c1cccc(OC)c1. The fourth-order valence-electron chi connectivity index (χ4n) is 2.25. The molecule has 0 aliphatic rings. The molecule has 20 heavy (non-hydrogen) atoms. The zero-order valence-corrected chi connectivity index (χ0v) is 12.8. The number of hydrogen-bond acceptors (Lipinski definition) is 3. The maximum atomic E-state index is 12.2. The van der Waals surface area contributed by atoms with Gasteiger partial charge in [-0.25, -0.2) is 0 Å². The fraction of sp³-hybridized carbons (Fsp3) is 0.562. The molecule has 1 amide bonds. The Morgan fingerprint density at radius 2 is 2.15 bits per heavy atom. The van der Waals surface area contributed by atoms with E-state index in [1.54, 1.807) is 19.1 Å². The first kappa shape index (κ1) is 16.5. The smallest absolute Gasteiger partial charge is 0.226 e. The summed E-state index contributed by atoms with van der Waals surface area (Å²) in [6, 6.07) is 7.55. The van der Waals surface area contributed by atoms with Crippen LogP contribution in [0.5, 0.6) is 5.75 Å². The summed E-state index contributed by atoms with van der Waals surface area (Å²) in [4.78, 5) is 13.9. The molecule has 1 aromatic carbocycles. The summed E-state index contributed by atoms with van der Waals surface area (Å²) in [5.74, 6) is 1.44. The van der Waals surface area contributed by atoms with E-state index in [0.29, 0.717) is 18.9 Å². The van der Waals surface area contributed by atoms with Gasteiger partial charge in [0, 0.05) is 25.2 Å². The van der Waals surface area contributed by atoms with Gasteiger partial charge >= 0.3 is 0 Å². The van der Waals surface area contributed by atoms with E-state index < -0.39 is 0 Å². The molecule has 4 nitrogen and oxygen atoms in total. The second-order valence-electron chi connectivity index (χ2n) is 5.04. The molecule has 0 saturated carbocycles. The van der Waals surface area contributed by atoms with Crippen molar-refractivity contribution in [1.82, 2.24) is 0 Å². The van der Waals surface area contributed by atoms with Crippen LogP contribution in [0.2, 0.25) is 0 Å². The van der Waals surface area contributed by atoms with Crippen molar-refractivity contribution < 1.29 is 9.53 Å². The Hall–Kier alpha value is -1.55. The van der Waals surface area contributed by atoms with Gasteiger partial charge in [-0.1, -0.05) is 19.4 Å². The monoisotopic (exact) mass is 278 g/mol. The van der Waals surface area contributed by atoms with Crippen LogP contribution in [0.25, 0.3) is 0 Å². The van der Waals surface area contributed by atoms with Crippen LogP contribution < -0.4 is 15.4 Å². The zero-order valence-electron chi connectivity index (χ0n) is 12.8. The number of benzene rings is 1. The molecule has 0 radical (unpaired) electrons. The minimum absolute atomic E-state index is 0.133. The lowest BCUT2D eigenvalue weighted by Crippen LogP contribution is -2.26. The first-order chi connectivity index (χ1) is 9.62. The Balaban J connectivity index is 2.57. The van der Waals surface area contributed by atoms with Gasteiger partial charge in [-0.2, -0.15) is 0 Å². The van der Waals surface area contributed by atoms with Crippen molar-refractivity contribution in [1.29, 1.82) is 0 Å². The largest absolute Gasteiger partial charge is 0.497 e. The van der Waals surface area contributed by atoms with Gasteiger partial charge < -0.3 is 15.4 Å². The average Bonchev–Trinajstić information content (AvgIpc) is 2.50. The lowest BCUT2D eigenvalue weighted by atomic mass is 9.96. The van der Waals surface area contributed by atoms with Gasteiger partial charge in [-0.3, -0.25) is 4.79 Å². The van der Waals surface area contributed by atoms with Crippen molar-refractivity contribution in [2.75, 3.05) is 25.6 Å². The molecule has 4 heteroatoms. The molecule has 0 bridgehead atoms. The summed E-state index contributed by atoms with van der Waals surface area (Å²) in [7, 11) is 3.43. The Morgan fingerprint density at radius 3 is 2.75 bits per heavy atom. The van der Waals surface area contributed by atoms with Crippen LogP contribution in [-0.2, 0) is 4.79 Å². The molecule has 1 atom stereocenters. The molecule has 0 aromatic heterocycles. The Labute approximate surface area is 121 Å². The maximum absolute atomic E-state index is 12.2. The third-order valence-corrected chi connectivity index (χ3v) is 3.73. The summed E-state index contributed by atoms with van der Waals surface area (Å²) in [6.07, 6.45) is 3.53. The number of hydrogen-bond donors (Lipinski definition) is 1. The predicted molar refractivity (Wildman–Crippen MR) is 83.1 cm³/mol. The lowest BCUT2D eigenvalue weighted by molar-refractivity contribution is -0.118. The van der Waals surface area contributed by atoms with Gasteiger partial charge in [-0.15, -0.1) is 0 Å². The molecule has 0 fully saturated rings. The minimum Gasteiger partial charge on any atom is -0.497 e. The third kappa shape index (κ3) is 4.85. The Kier molecular flexibility index (Phi) is 7.09. The van der Waals surface area contributed by atoms with E-state index in [0.717, 1.165) is 30.7 Å². The number of ether oxygens (including phenoxy) is 1. The van der Waals surface area contributed by atoms with Crippen molar-refractivity contribution in [3.63, 3.8) is 0 Å². The number of amides is 1. The van der Waals surface area contributed by atoms with Crippen LogP contribution >= 0.6 is 0 Å². The van der Waals surface area contributed by atoms with Gasteiger partial charge in [0.25, 0.3) is 0 Å². The van der Waals surface area contributed by atoms with Gasteiger partial charge in [-0.05, 0) is 37.4 Å². The highest BCUT2D eigenvalue weighted by Gasteiger charge is 2.14.